The lowest BCUT2D eigenvalue weighted by molar-refractivity contribution is 0.495. The topological polar surface area (TPSA) is 12.0 Å². The van der Waals surface area contributed by atoms with Crippen molar-refractivity contribution >= 4 is 33.9 Å². The van der Waals surface area contributed by atoms with E-state index in [1.165, 1.54) is 66.2 Å². The second-order valence-corrected chi connectivity index (χ2v) is 8.09. The molecule has 1 heterocycles. The van der Waals surface area contributed by atoms with Crippen LogP contribution in [0.1, 0.15) is 76.3 Å². The molecule has 1 N–H and O–H groups in total. The Kier molecular flexibility index (Phi) is 10.2. The molecule has 0 aliphatic carbocycles. The molecular weight excluding hydrogens is 365 g/mol. The smallest absolute Gasteiger partial charge is 0.0656 e. The Morgan fingerprint density at radius 1 is 1.11 bits per heavy atom. The highest BCUT2D eigenvalue weighted by Crippen LogP contribution is 2.26. The third kappa shape index (κ3) is 7.66. The number of hydrogen-bond donors (Lipinski definition) is 1. The van der Waals surface area contributed by atoms with Gasteiger partial charge in [-0.3, -0.25) is 0 Å². The van der Waals surface area contributed by atoms with Crippen LogP contribution in [-0.2, 0) is 0 Å². The van der Waals surface area contributed by atoms with Crippen LogP contribution in [0.5, 0.6) is 0 Å². The molecular formula is C16H28INS. The van der Waals surface area contributed by atoms with Gasteiger partial charge in [-0.15, -0.1) is 11.3 Å². The number of hydrogen-bond acceptors (Lipinski definition) is 2. The molecule has 0 bridgehead atoms. The Morgan fingerprint density at radius 2 is 1.74 bits per heavy atom. The van der Waals surface area contributed by atoms with E-state index in [0.29, 0.717) is 6.04 Å². The van der Waals surface area contributed by atoms with Gasteiger partial charge < -0.3 is 5.32 Å². The Morgan fingerprint density at radius 3 is 2.26 bits per heavy atom. The van der Waals surface area contributed by atoms with E-state index in [9.17, 15) is 0 Å². The van der Waals surface area contributed by atoms with Gasteiger partial charge in [-0.1, -0.05) is 58.3 Å². The zero-order valence-electron chi connectivity index (χ0n) is 12.4. The van der Waals surface area contributed by atoms with Crippen LogP contribution in [-0.4, -0.2) is 7.05 Å². The SMILES string of the molecule is CCCCCCCCCCC(NC)c1csc(I)c1. The maximum Gasteiger partial charge on any atom is 0.0656 e. The first-order valence-corrected chi connectivity index (χ1v) is 9.65. The molecule has 0 aliphatic heterocycles. The largest absolute Gasteiger partial charge is 0.313 e. The average Bonchev–Trinajstić information content (AvgIpc) is 2.83. The van der Waals surface area contributed by atoms with Gasteiger partial charge in [0.1, 0.15) is 0 Å². The summed E-state index contributed by atoms with van der Waals surface area (Å²) < 4.78 is 1.39. The molecule has 1 aromatic heterocycles. The molecule has 1 unspecified atom stereocenters. The van der Waals surface area contributed by atoms with Gasteiger partial charge in [-0.05, 0) is 53.1 Å². The van der Waals surface area contributed by atoms with E-state index in [1.807, 2.05) is 11.3 Å². The monoisotopic (exact) mass is 393 g/mol. The third-order valence-electron chi connectivity index (χ3n) is 3.68. The maximum atomic E-state index is 3.45. The van der Waals surface area contributed by atoms with Crippen molar-refractivity contribution in [2.75, 3.05) is 7.05 Å². The first-order chi connectivity index (χ1) is 9.27. The second kappa shape index (κ2) is 11.1. The fourth-order valence-corrected chi connectivity index (χ4v) is 3.89. The predicted octanol–water partition coefficient (Wildman–Crippen LogP) is 6.14. The molecule has 0 aliphatic rings. The minimum Gasteiger partial charge on any atom is -0.313 e. The third-order valence-corrected chi connectivity index (χ3v) is 5.49. The lowest BCUT2D eigenvalue weighted by Gasteiger charge is -2.14. The van der Waals surface area contributed by atoms with E-state index >= 15 is 0 Å². The van der Waals surface area contributed by atoms with Crippen molar-refractivity contribution in [3.8, 4) is 0 Å². The number of unbranched alkanes of at least 4 members (excludes halogenated alkanes) is 7. The van der Waals surface area contributed by atoms with Crippen LogP contribution in [0.25, 0.3) is 0 Å². The first-order valence-electron chi connectivity index (χ1n) is 7.69. The van der Waals surface area contributed by atoms with Crippen LogP contribution in [0.2, 0.25) is 0 Å². The van der Waals surface area contributed by atoms with Gasteiger partial charge in [0, 0.05) is 6.04 Å². The fraction of sp³-hybridized carbons (Fsp3) is 0.750. The molecule has 0 amide bonds. The average molecular weight is 393 g/mol. The maximum absolute atomic E-state index is 3.45. The van der Waals surface area contributed by atoms with Crippen LogP contribution in [0, 0.1) is 2.88 Å². The normalized spacial score (nSPS) is 12.8. The van der Waals surface area contributed by atoms with Crippen molar-refractivity contribution in [2.24, 2.45) is 0 Å². The summed E-state index contributed by atoms with van der Waals surface area (Å²) in [5.41, 5.74) is 1.47. The summed E-state index contributed by atoms with van der Waals surface area (Å²) >= 11 is 4.26. The van der Waals surface area contributed by atoms with E-state index in [4.69, 9.17) is 0 Å². The van der Waals surface area contributed by atoms with E-state index in [2.05, 4.69) is 53.3 Å². The standard InChI is InChI=1S/C16H28INS/c1-3-4-5-6-7-8-9-10-11-15(18-2)14-12-16(17)19-13-14/h12-13,15,18H,3-11H2,1-2H3. The summed E-state index contributed by atoms with van der Waals surface area (Å²) in [7, 11) is 2.08. The fourth-order valence-electron chi connectivity index (χ4n) is 2.47. The predicted molar refractivity (Wildman–Crippen MR) is 96.1 cm³/mol. The van der Waals surface area contributed by atoms with Crippen LogP contribution in [0.15, 0.2) is 11.4 Å². The van der Waals surface area contributed by atoms with Crippen molar-refractivity contribution < 1.29 is 0 Å². The van der Waals surface area contributed by atoms with Gasteiger partial charge in [0.25, 0.3) is 0 Å². The quantitative estimate of drug-likeness (QED) is 0.352. The highest BCUT2D eigenvalue weighted by atomic mass is 127. The number of nitrogens with one attached hydrogen (secondary N) is 1. The summed E-state index contributed by atoms with van der Waals surface area (Å²) in [5, 5.41) is 5.75. The molecule has 1 nitrogen and oxygen atoms in total. The summed E-state index contributed by atoms with van der Waals surface area (Å²) in [4.78, 5) is 0. The molecule has 0 aromatic carbocycles. The number of thiophene rings is 1. The molecule has 0 saturated carbocycles. The van der Waals surface area contributed by atoms with Crippen LogP contribution >= 0.6 is 33.9 Å². The van der Waals surface area contributed by atoms with Crippen LogP contribution in [0.3, 0.4) is 0 Å². The van der Waals surface area contributed by atoms with Crippen molar-refractivity contribution in [1.29, 1.82) is 0 Å². The molecule has 110 valence electrons. The number of halogens is 1. The van der Waals surface area contributed by atoms with Gasteiger partial charge in [0.2, 0.25) is 0 Å². The summed E-state index contributed by atoms with van der Waals surface area (Å²) in [5.74, 6) is 0. The van der Waals surface area contributed by atoms with Gasteiger partial charge in [-0.2, -0.15) is 0 Å². The Balaban J connectivity index is 2.07. The molecule has 1 aromatic rings. The zero-order valence-corrected chi connectivity index (χ0v) is 15.4. The lowest BCUT2D eigenvalue weighted by atomic mass is 10.0. The lowest BCUT2D eigenvalue weighted by Crippen LogP contribution is -2.15. The molecule has 0 radical (unpaired) electrons. The van der Waals surface area contributed by atoms with E-state index < -0.39 is 0 Å². The minimum atomic E-state index is 0.555. The molecule has 1 atom stereocenters. The van der Waals surface area contributed by atoms with Gasteiger partial charge >= 0.3 is 0 Å². The van der Waals surface area contributed by atoms with Gasteiger partial charge in [0.05, 0.1) is 2.88 Å². The molecule has 0 saturated heterocycles. The van der Waals surface area contributed by atoms with E-state index in [0.717, 1.165) is 0 Å². The molecule has 0 fully saturated rings. The minimum absolute atomic E-state index is 0.555. The highest BCUT2D eigenvalue weighted by Gasteiger charge is 2.10. The van der Waals surface area contributed by atoms with E-state index in [-0.39, 0.29) is 0 Å². The number of rotatable bonds is 11. The Hall–Kier alpha value is 0.390. The van der Waals surface area contributed by atoms with Crippen LogP contribution in [0.4, 0.5) is 0 Å². The Bertz CT molecular complexity index is 324. The van der Waals surface area contributed by atoms with Gasteiger partial charge in [-0.25, -0.2) is 0 Å². The first kappa shape index (κ1) is 17.4. The van der Waals surface area contributed by atoms with Gasteiger partial charge in [0.15, 0.2) is 0 Å². The summed E-state index contributed by atoms with van der Waals surface area (Å²) in [6.07, 6.45) is 12.5. The second-order valence-electron chi connectivity index (χ2n) is 5.29. The van der Waals surface area contributed by atoms with E-state index in [1.54, 1.807) is 0 Å². The van der Waals surface area contributed by atoms with Crippen molar-refractivity contribution in [2.45, 2.75) is 70.8 Å². The van der Waals surface area contributed by atoms with Crippen molar-refractivity contribution in [3.05, 3.63) is 19.9 Å². The summed E-state index contributed by atoms with van der Waals surface area (Å²) in [6.45, 7) is 2.28. The Labute approximate surface area is 136 Å². The van der Waals surface area contributed by atoms with Crippen LogP contribution < -0.4 is 5.32 Å². The molecule has 1 rings (SSSR count). The van der Waals surface area contributed by atoms with Crippen molar-refractivity contribution in [3.63, 3.8) is 0 Å². The molecule has 0 spiro atoms. The van der Waals surface area contributed by atoms with Crippen molar-refractivity contribution in [1.82, 2.24) is 5.32 Å². The highest BCUT2D eigenvalue weighted by molar-refractivity contribution is 14.1. The zero-order chi connectivity index (χ0) is 13.9. The summed E-state index contributed by atoms with van der Waals surface area (Å²) in [6, 6.07) is 2.87. The molecule has 3 heteroatoms. The molecule has 19 heavy (non-hydrogen) atoms.